The summed E-state index contributed by atoms with van der Waals surface area (Å²) in [5.74, 6) is 1.29. The van der Waals surface area contributed by atoms with Crippen LogP contribution in [0, 0.1) is 0 Å². The van der Waals surface area contributed by atoms with Crippen molar-refractivity contribution in [3.8, 4) is 0 Å². The molecule has 1 aromatic rings. The van der Waals surface area contributed by atoms with Crippen LogP contribution in [-0.2, 0) is 23.1 Å². The molecule has 0 aliphatic heterocycles. The zero-order valence-electron chi connectivity index (χ0n) is 16.0. The molecule has 0 aliphatic carbocycles. The van der Waals surface area contributed by atoms with Crippen LogP contribution >= 0.6 is 0 Å². The van der Waals surface area contributed by atoms with Crippen LogP contribution in [0.15, 0.2) is 11.2 Å². The third-order valence-corrected chi connectivity index (χ3v) is 3.65. The van der Waals surface area contributed by atoms with Crippen molar-refractivity contribution in [1.82, 2.24) is 20.0 Å². The highest BCUT2D eigenvalue weighted by Crippen LogP contribution is 2.18. The lowest BCUT2D eigenvalue weighted by atomic mass is 10.1. The summed E-state index contributed by atoms with van der Waals surface area (Å²) in [5.41, 5.74) is 2.38. The maximum atomic E-state index is 5.46. The van der Waals surface area contributed by atoms with E-state index in [1.54, 1.807) is 14.2 Å². The van der Waals surface area contributed by atoms with Crippen LogP contribution in [0.2, 0.25) is 0 Å². The minimum Gasteiger partial charge on any atom is -0.382 e. The van der Waals surface area contributed by atoms with E-state index in [0.29, 0.717) is 19.1 Å². The zero-order valence-corrected chi connectivity index (χ0v) is 16.0. The van der Waals surface area contributed by atoms with E-state index < -0.39 is 0 Å². The summed E-state index contributed by atoms with van der Waals surface area (Å²) in [5, 5.41) is 7.94. The zero-order chi connectivity index (χ0) is 17.9. The first-order valence-electron chi connectivity index (χ1n) is 8.50. The fourth-order valence-corrected chi connectivity index (χ4v) is 2.50. The van der Waals surface area contributed by atoms with Gasteiger partial charge in [-0.05, 0) is 12.3 Å². The molecule has 0 fully saturated rings. The van der Waals surface area contributed by atoms with Crippen molar-refractivity contribution in [2.24, 2.45) is 12.0 Å². The molecule has 1 N–H and O–H groups in total. The average molecular weight is 339 g/mol. The lowest BCUT2D eigenvalue weighted by Crippen LogP contribution is -2.39. The van der Waals surface area contributed by atoms with Crippen LogP contribution in [0.5, 0.6) is 0 Å². The molecule has 24 heavy (non-hydrogen) atoms. The summed E-state index contributed by atoms with van der Waals surface area (Å²) < 4.78 is 12.3. The number of aliphatic imine (C=N–C) groups is 1. The van der Waals surface area contributed by atoms with Crippen LogP contribution < -0.4 is 5.32 Å². The van der Waals surface area contributed by atoms with Crippen LogP contribution in [-0.4, -0.2) is 68.2 Å². The smallest absolute Gasteiger partial charge is 0.193 e. The minimum atomic E-state index is 0.411. The second-order valence-electron chi connectivity index (χ2n) is 6.16. The molecule has 1 rings (SSSR count). The number of rotatable bonds is 10. The van der Waals surface area contributed by atoms with Gasteiger partial charge in [-0.15, -0.1) is 0 Å². The summed E-state index contributed by atoms with van der Waals surface area (Å²) >= 11 is 0. The average Bonchev–Trinajstić information content (AvgIpc) is 2.90. The Kier molecular flexibility index (Phi) is 9.41. The largest absolute Gasteiger partial charge is 0.382 e. The fourth-order valence-electron chi connectivity index (χ4n) is 2.50. The quantitative estimate of drug-likeness (QED) is 0.398. The summed E-state index contributed by atoms with van der Waals surface area (Å²) in [7, 11) is 7.49. The molecule has 1 heterocycles. The van der Waals surface area contributed by atoms with Gasteiger partial charge in [-0.25, -0.2) is 0 Å². The number of hydrogen-bond donors (Lipinski definition) is 1. The third kappa shape index (κ3) is 6.88. The first kappa shape index (κ1) is 20.4. The van der Waals surface area contributed by atoms with Crippen molar-refractivity contribution in [3.63, 3.8) is 0 Å². The Hall–Kier alpha value is -1.60. The van der Waals surface area contributed by atoms with Crippen molar-refractivity contribution in [2.45, 2.75) is 32.7 Å². The number of nitrogens with zero attached hydrogens (tertiary/aromatic N) is 4. The number of hydrogen-bond acceptors (Lipinski definition) is 4. The van der Waals surface area contributed by atoms with Crippen molar-refractivity contribution in [2.75, 3.05) is 47.6 Å². The molecule has 0 saturated carbocycles. The molecule has 0 saturated heterocycles. The number of ether oxygens (including phenoxy) is 2. The molecular weight excluding hydrogens is 306 g/mol. The third-order valence-electron chi connectivity index (χ3n) is 3.65. The van der Waals surface area contributed by atoms with Gasteiger partial charge in [0.15, 0.2) is 5.96 Å². The predicted molar refractivity (Wildman–Crippen MR) is 97.4 cm³/mol. The monoisotopic (exact) mass is 339 g/mol. The molecule has 0 aliphatic rings. The number of aromatic nitrogens is 2. The Labute approximate surface area is 146 Å². The second kappa shape index (κ2) is 11.0. The Morgan fingerprint density at radius 2 is 2.12 bits per heavy atom. The Morgan fingerprint density at radius 3 is 2.75 bits per heavy atom. The number of guanidine groups is 1. The van der Waals surface area contributed by atoms with E-state index in [4.69, 9.17) is 9.47 Å². The first-order valence-corrected chi connectivity index (χ1v) is 8.50. The van der Waals surface area contributed by atoms with Crippen LogP contribution in [0.1, 0.15) is 37.4 Å². The van der Waals surface area contributed by atoms with E-state index in [1.807, 2.05) is 18.8 Å². The van der Waals surface area contributed by atoms with Gasteiger partial charge in [-0.1, -0.05) is 13.8 Å². The van der Waals surface area contributed by atoms with Crippen LogP contribution in [0.4, 0.5) is 0 Å². The Bertz CT molecular complexity index is 499. The van der Waals surface area contributed by atoms with Crippen molar-refractivity contribution in [3.05, 3.63) is 17.5 Å². The Morgan fingerprint density at radius 1 is 1.38 bits per heavy atom. The van der Waals surface area contributed by atoms with Gasteiger partial charge in [0.05, 0.1) is 18.9 Å². The van der Waals surface area contributed by atoms with Crippen molar-refractivity contribution in [1.29, 1.82) is 0 Å². The van der Waals surface area contributed by atoms with Crippen LogP contribution in [0.25, 0.3) is 0 Å². The minimum absolute atomic E-state index is 0.411. The van der Waals surface area contributed by atoms with Gasteiger partial charge in [-0.3, -0.25) is 9.67 Å². The normalized spacial score (nSPS) is 12.0. The molecule has 0 bridgehead atoms. The standard InChI is InChI=1S/C17H33N5O2/c1-14(2)16-15(13-22(5)20-16)12-21(4)17(18-3)19-8-7-9-24-11-10-23-6/h13-14H,7-12H2,1-6H3,(H,18,19). The number of methoxy groups -OCH3 is 1. The van der Waals surface area contributed by atoms with E-state index in [0.717, 1.165) is 37.8 Å². The molecule has 0 aromatic carbocycles. The molecule has 0 amide bonds. The molecule has 7 nitrogen and oxygen atoms in total. The summed E-state index contributed by atoms with van der Waals surface area (Å²) in [4.78, 5) is 6.48. The van der Waals surface area contributed by atoms with Gasteiger partial charge in [-0.2, -0.15) is 5.10 Å². The van der Waals surface area contributed by atoms with E-state index in [-0.39, 0.29) is 0 Å². The van der Waals surface area contributed by atoms with E-state index in [1.165, 1.54) is 5.56 Å². The summed E-state index contributed by atoms with van der Waals surface area (Å²) in [6, 6.07) is 0. The summed E-state index contributed by atoms with van der Waals surface area (Å²) in [6.45, 7) is 7.95. The summed E-state index contributed by atoms with van der Waals surface area (Å²) in [6.07, 6.45) is 3.02. The van der Waals surface area contributed by atoms with E-state index in [2.05, 4.69) is 40.4 Å². The SMILES string of the molecule is CN=C(NCCCOCCOC)N(C)Cc1cn(C)nc1C(C)C. The fraction of sp³-hybridized carbons (Fsp3) is 0.765. The van der Waals surface area contributed by atoms with E-state index in [9.17, 15) is 0 Å². The molecule has 0 atom stereocenters. The maximum absolute atomic E-state index is 5.46. The molecular formula is C17H33N5O2. The topological polar surface area (TPSA) is 63.9 Å². The van der Waals surface area contributed by atoms with Gasteiger partial charge in [0, 0.05) is 59.7 Å². The second-order valence-corrected chi connectivity index (χ2v) is 6.16. The molecule has 0 spiro atoms. The van der Waals surface area contributed by atoms with Gasteiger partial charge in [0.1, 0.15) is 0 Å². The highest BCUT2D eigenvalue weighted by Gasteiger charge is 2.14. The predicted octanol–water partition coefficient (Wildman–Crippen LogP) is 1.60. The lowest BCUT2D eigenvalue weighted by Gasteiger charge is -2.22. The lowest BCUT2D eigenvalue weighted by molar-refractivity contribution is 0.0698. The van der Waals surface area contributed by atoms with Gasteiger partial charge >= 0.3 is 0 Å². The van der Waals surface area contributed by atoms with Crippen molar-refractivity contribution < 1.29 is 9.47 Å². The number of nitrogens with one attached hydrogen (secondary N) is 1. The first-order chi connectivity index (χ1) is 11.5. The highest BCUT2D eigenvalue weighted by molar-refractivity contribution is 5.79. The highest BCUT2D eigenvalue weighted by atomic mass is 16.5. The Balaban J connectivity index is 2.43. The maximum Gasteiger partial charge on any atom is 0.193 e. The molecule has 0 unspecified atom stereocenters. The van der Waals surface area contributed by atoms with Gasteiger partial charge in [0.25, 0.3) is 0 Å². The molecule has 7 heteroatoms. The number of aryl methyl sites for hydroxylation is 1. The van der Waals surface area contributed by atoms with Crippen LogP contribution in [0.3, 0.4) is 0 Å². The van der Waals surface area contributed by atoms with Gasteiger partial charge in [0.2, 0.25) is 0 Å². The van der Waals surface area contributed by atoms with Crippen molar-refractivity contribution >= 4 is 5.96 Å². The van der Waals surface area contributed by atoms with E-state index >= 15 is 0 Å². The van der Waals surface area contributed by atoms with Gasteiger partial charge < -0.3 is 19.7 Å². The molecule has 138 valence electrons. The molecule has 1 aromatic heterocycles. The molecule has 0 radical (unpaired) electrons.